The molecule has 1 saturated heterocycles. The Morgan fingerprint density at radius 3 is 2.58 bits per heavy atom. The lowest BCUT2D eigenvalue weighted by Gasteiger charge is -2.34. The van der Waals surface area contributed by atoms with Crippen molar-refractivity contribution < 1.29 is 18.4 Å². The van der Waals surface area contributed by atoms with Crippen molar-refractivity contribution in [2.75, 3.05) is 19.6 Å². The molecule has 0 unspecified atom stereocenters. The molecule has 5 heteroatoms. The van der Waals surface area contributed by atoms with Gasteiger partial charge < -0.3 is 9.32 Å². The predicted octanol–water partition coefficient (Wildman–Crippen LogP) is 3.76. The average molecular weight is 355 g/mol. The molecule has 1 fully saturated rings. The van der Waals surface area contributed by atoms with Crippen molar-refractivity contribution in [1.29, 1.82) is 0 Å². The van der Waals surface area contributed by atoms with Gasteiger partial charge in [-0.2, -0.15) is 0 Å². The number of benzene rings is 1. The van der Waals surface area contributed by atoms with E-state index >= 15 is 0 Å². The smallest absolute Gasteiger partial charge is 0.166 e. The molecule has 1 aromatic heterocycles. The van der Waals surface area contributed by atoms with Gasteiger partial charge in [-0.05, 0) is 62.2 Å². The normalized spacial score (nSPS) is 21.6. The summed E-state index contributed by atoms with van der Waals surface area (Å²) >= 11 is 0. The second-order valence-corrected chi connectivity index (χ2v) is 7.40. The van der Waals surface area contributed by atoms with Crippen molar-refractivity contribution in [3.05, 3.63) is 59.3 Å². The number of carbonyl (C=O) groups is 2. The lowest BCUT2D eigenvalue weighted by molar-refractivity contribution is 0.0810. The molecule has 0 radical (unpaired) electrons. The van der Waals surface area contributed by atoms with Gasteiger partial charge in [0.1, 0.15) is 11.6 Å². The van der Waals surface area contributed by atoms with Gasteiger partial charge in [-0.25, -0.2) is 4.39 Å². The molecule has 26 heavy (non-hydrogen) atoms. The van der Waals surface area contributed by atoms with E-state index in [1.54, 1.807) is 24.5 Å². The molecule has 1 aromatic carbocycles. The number of halogens is 1. The Balaban J connectivity index is 1.31. The number of hydrogen-bond acceptors (Lipinski definition) is 4. The highest BCUT2D eigenvalue weighted by Gasteiger charge is 2.31. The quantitative estimate of drug-likeness (QED) is 0.784. The van der Waals surface area contributed by atoms with Gasteiger partial charge in [-0.1, -0.05) is 0 Å². The highest BCUT2D eigenvalue weighted by molar-refractivity contribution is 5.98. The second kappa shape index (κ2) is 7.16. The zero-order valence-corrected chi connectivity index (χ0v) is 14.6. The summed E-state index contributed by atoms with van der Waals surface area (Å²) in [5.41, 5.74) is 1.33. The summed E-state index contributed by atoms with van der Waals surface area (Å²) in [6.45, 7) is 2.57. The first-order valence-corrected chi connectivity index (χ1v) is 9.22. The summed E-state index contributed by atoms with van der Waals surface area (Å²) in [4.78, 5) is 27.1. The monoisotopic (exact) mass is 355 g/mol. The van der Waals surface area contributed by atoms with Crippen LogP contribution in [-0.2, 0) is 6.42 Å². The van der Waals surface area contributed by atoms with Crippen LogP contribution >= 0.6 is 0 Å². The van der Waals surface area contributed by atoms with Crippen molar-refractivity contribution >= 4 is 11.6 Å². The minimum absolute atomic E-state index is 0.00127. The SMILES string of the molecule is O=C1C[C@H](CN2CCC(C(=O)c3ccc(F)cc3)CC2)Cc2occc21. The Hall–Kier alpha value is -2.27. The van der Waals surface area contributed by atoms with E-state index < -0.39 is 0 Å². The van der Waals surface area contributed by atoms with Crippen LogP contribution < -0.4 is 0 Å². The lowest BCUT2D eigenvalue weighted by atomic mass is 9.85. The third-order valence-corrected chi connectivity index (χ3v) is 5.60. The molecule has 0 spiro atoms. The molecule has 1 aliphatic heterocycles. The molecule has 0 N–H and O–H groups in total. The summed E-state index contributed by atoms with van der Waals surface area (Å²) in [5, 5.41) is 0. The zero-order chi connectivity index (χ0) is 18.1. The van der Waals surface area contributed by atoms with Crippen molar-refractivity contribution in [3.8, 4) is 0 Å². The van der Waals surface area contributed by atoms with Gasteiger partial charge in [0.25, 0.3) is 0 Å². The van der Waals surface area contributed by atoms with Crippen LogP contribution in [0, 0.1) is 17.7 Å². The summed E-state index contributed by atoms with van der Waals surface area (Å²) in [7, 11) is 0. The summed E-state index contributed by atoms with van der Waals surface area (Å²) in [5.74, 6) is 1.06. The van der Waals surface area contributed by atoms with Gasteiger partial charge in [0.15, 0.2) is 11.6 Å². The van der Waals surface area contributed by atoms with Crippen LogP contribution in [0.15, 0.2) is 41.0 Å². The topological polar surface area (TPSA) is 50.5 Å². The standard InChI is InChI=1S/C21H22FNO3/c22-17-3-1-15(2-4-17)21(25)16-5-8-23(9-6-16)13-14-11-19(24)18-7-10-26-20(18)12-14/h1-4,7,10,14,16H,5-6,8-9,11-13H2/t14-/m0/s1. The van der Waals surface area contributed by atoms with E-state index in [1.807, 2.05) is 0 Å². The van der Waals surface area contributed by atoms with E-state index in [1.165, 1.54) is 12.1 Å². The first kappa shape index (κ1) is 17.2. The second-order valence-electron chi connectivity index (χ2n) is 7.40. The van der Waals surface area contributed by atoms with Crippen LogP contribution in [0.4, 0.5) is 4.39 Å². The van der Waals surface area contributed by atoms with Gasteiger partial charge in [0.2, 0.25) is 0 Å². The fourth-order valence-corrected chi connectivity index (χ4v) is 4.18. The Bertz CT molecular complexity index is 803. The van der Waals surface area contributed by atoms with E-state index in [2.05, 4.69) is 4.90 Å². The first-order chi connectivity index (χ1) is 12.6. The van der Waals surface area contributed by atoms with Gasteiger partial charge in [0.05, 0.1) is 11.8 Å². The fraction of sp³-hybridized carbons (Fsp3) is 0.429. The van der Waals surface area contributed by atoms with Crippen molar-refractivity contribution in [2.24, 2.45) is 11.8 Å². The number of ketones is 2. The van der Waals surface area contributed by atoms with E-state index in [-0.39, 0.29) is 29.2 Å². The van der Waals surface area contributed by atoms with Crippen LogP contribution in [0.3, 0.4) is 0 Å². The highest BCUT2D eigenvalue weighted by atomic mass is 19.1. The van der Waals surface area contributed by atoms with Crippen molar-refractivity contribution in [3.63, 3.8) is 0 Å². The summed E-state index contributed by atoms with van der Waals surface area (Å²) < 4.78 is 18.5. The Labute approximate surface area is 152 Å². The number of furan rings is 1. The molecule has 1 aliphatic carbocycles. The lowest BCUT2D eigenvalue weighted by Crippen LogP contribution is -2.40. The molecular weight excluding hydrogens is 333 g/mol. The molecular formula is C21H22FNO3. The van der Waals surface area contributed by atoms with E-state index in [9.17, 15) is 14.0 Å². The molecule has 2 heterocycles. The molecule has 2 aromatic rings. The van der Waals surface area contributed by atoms with Crippen molar-refractivity contribution in [1.82, 2.24) is 4.90 Å². The average Bonchev–Trinajstić information content (AvgIpc) is 3.12. The van der Waals surface area contributed by atoms with Gasteiger partial charge in [0, 0.05) is 30.9 Å². The van der Waals surface area contributed by atoms with E-state index in [4.69, 9.17) is 4.42 Å². The summed E-state index contributed by atoms with van der Waals surface area (Å²) in [6, 6.07) is 7.58. The van der Waals surface area contributed by atoms with Crippen LogP contribution in [-0.4, -0.2) is 36.1 Å². The fourth-order valence-electron chi connectivity index (χ4n) is 4.18. The van der Waals surface area contributed by atoms with E-state index in [0.29, 0.717) is 12.0 Å². The number of carbonyl (C=O) groups excluding carboxylic acids is 2. The number of hydrogen-bond donors (Lipinski definition) is 0. The zero-order valence-electron chi connectivity index (χ0n) is 14.6. The molecule has 4 nitrogen and oxygen atoms in total. The Morgan fingerprint density at radius 1 is 1.12 bits per heavy atom. The van der Waals surface area contributed by atoms with Crippen molar-refractivity contribution in [2.45, 2.75) is 25.7 Å². The maximum Gasteiger partial charge on any atom is 0.166 e. The summed E-state index contributed by atoms with van der Waals surface area (Å²) in [6.07, 6.45) is 4.59. The third-order valence-electron chi connectivity index (χ3n) is 5.60. The maximum absolute atomic E-state index is 13.0. The van der Waals surface area contributed by atoms with Gasteiger partial charge in [-0.3, -0.25) is 9.59 Å². The van der Waals surface area contributed by atoms with Gasteiger partial charge >= 0.3 is 0 Å². The minimum atomic E-state index is -0.321. The van der Waals surface area contributed by atoms with Crippen LogP contribution in [0.25, 0.3) is 0 Å². The van der Waals surface area contributed by atoms with Crippen LogP contribution in [0.2, 0.25) is 0 Å². The first-order valence-electron chi connectivity index (χ1n) is 9.22. The maximum atomic E-state index is 13.0. The van der Waals surface area contributed by atoms with Gasteiger partial charge in [-0.15, -0.1) is 0 Å². The number of likely N-dealkylation sites (tertiary alicyclic amines) is 1. The minimum Gasteiger partial charge on any atom is -0.469 e. The molecule has 1 atom stereocenters. The molecule has 0 amide bonds. The molecule has 0 bridgehead atoms. The van der Waals surface area contributed by atoms with Crippen LogP contribution in [0.1, 0.15) is 45.7 Å². The van der Waals surface area contributed by atoms with Crippen LogP contribution in [0.5, 0.6) is 0 Å². The third kappa shape index (κ3) is 3.49. The number of rotatable bonds is 4. The molecule has 2 aliphatic rings. The highest BCUT2D eigenvalue weighted by Crippen LogP contribution is 2.29. The largest absolute Gasteiger partial charge is 0.469 e. The molecule has 136 valence electrons. The number of fused-ring (bicyclic) bond motifs is 1. The number of Topliss-reactive ketones (excluding diaryl/α,β-unsaturated/α-hetero) is 2. The Morgan fingerprint density at radius 2 is 1.85 bits per heavy atom. The van der Waals surface area contributed by atoms with E-state index in [0.717, 1.165) is 50.2 Å². The number of piperidine rings is 1. The number of nitrogens with zero attached hydrogens (tertiary/aromatic N) is 1. The predicted molar refractivity (Wildman–Crippen MR) is 94.7 cm³/mol. The molecule has 0 saturated carbocycles. The molecule has 4 rings (SSSR count). The Kier molecular flexibility index (Phi) is 4.72.